The van der Waals surface area contributed by atoms with Crippen molar-refractivity contribution in [3.63, 3.8) is 0 Å². The number of hydrogen-bond acceptors (Lipinski definition) is 2. The van der Waals surface area contributed by atoms with Crippen molar-refractivity contribution < 1.29 is 0 Å². The van der Waals surface area contributed by atoms with Gasteiger partial charge in [-0.2, -0.15) is 0 Å². The highest BCUT2D eigenvalue weighted by Crippen LogP contribution is 2.27. The molecule has 1 atom stereocenters. The molecule has 0 bridgehead atoms. The van der Waals surface area contributed by atoms with Gasteiger partial charge in [0.15, 0.2) is 0 Å². The third-order valence-electron chi connectivity index (χ3n) is 3.94. The number of likely N-dealkylation sites (N-methyl/N-ethyl adjacent to an activating group) is 1. The third kappa shape index (κ3) is 1.84. The molecule has 0 spiro atoms. The van der Waals surface area contributed by atoms with Crippen molar-refractivity contribution in [3.05, 3.63) is 35.4 Å². The van der Waals surface area contributed by atoms with Gasteiger partial charge in [0.05, 0.1) is 0 Å². The molecule has 2 aliphatic rings. The fraction of sp³-hybridized carbons (Fsp3) is 0.500. The number of hydrogen-bond donors (Lipinski definition) is 1. The van der Waals surface area contributed by atoms with E-state index >= 15 is 0 Å². The Kier molecular flexibility index (Phi) is 2.63. The normalized spacial score (nSPS) is 25.1. The molecular weight excluding hydrogens is 210 g/mol. The molecular formula is C14H19N3. The summed E-state index contributed by atoms with van der Waals surface area (Å²) in [5.74, 6) is 0.723. The van der Waals surface area contributed by atoms with Crippen molar-refractivity contribution >= 4 is 5.84 Å². The van der Waals surface area contributed by atoms with Crippen LogP contribution in [0.25, 0.3) is 0 Å². The SMILES string of the molecule is CN1CCCC(N2Cc3ccccc3C2=N)C1. The second kappa shape index (κ2) is 4.15. The van der Waals surface area contributed by atoms with Crippen LogP contribution in [-0.4, -0.2) is 41.8 Å². The Morgan fingerprint density at radius 3 is 2.88 bits per heavy atom. The van der Waals surface area contributed by atoms with Crippen LogP contribution in [0.5, 0.6) is 0 Å². The molecule has 3 rings (SSSR count). The first-order valence-corrected chi connectivity index (χ1v) is 6.38. The molecule has 0 radical (unpaired) electrons. The van der Waals surface area contributed by atoms with Crippen molar-refractivity contribution in [1.82, 2.24) is 9.80 Å². The molecule has 3 heteroatoms. The van der Waals surface area contributed by atoms with Crippen molar-refractivity contribution in [2.45, 2.75) is 25.4 Å². The molecule has 2 aliphatic heterocycles. The first-order chi connectivity index (χ1) is 8.25. The van der Waals surface area contributed by atoms with Crippen LogP contribution < -0.4 is 0 Å². The van der Waals surface area contributed by atoms with E-state index in [0.717, 1.165) is 24.5 Å². The molecule has 1 saturated heterocycles. The van der Waals surface area contributed by atoms with Gasteiger partial charge in [-0.25, -0.2) is 0 Å². The van der Waals surface area contributed by atoms with E-state index in [4.69, 9.17) is 5.41 Å². The van der Waals surface area contributed by atoms with Gasteiger partial charge in [0.1, 0.15) is 5.84 Å². The zero-order valence-electron chi connectivity index (χ0n) is 10.3. The Morgan fingerprint density at radius 1 is 1.29 bits per heavy atom. The van der Waals surface area contributed by atoms with Crippen LogP contribution in [0.3, 0.4) is 0 Å². The number of piperidine rings is 1. The van der Waals surface area contributed by atoms with Gasteiger partial charge in [-0.3, -0.25) is 5.41 Å². The molecule has 0 amide bonds. The number of likely N-dealkylation sites (tertiary alicyclic amines) is 1. The number of nitrogens with zero attached hydrogens (tertiary/aromatic N) is 2. The van der Waals surface area contributed by atoms with Crippen LogP contribution in [-0.2, 0) is 6.54 Å². The van der Waals surface area contributed by atoms with E-state index in [9.17, 15) is 0 Å². The predicted octanol–water partition coefficient (Wildman–Crippen LogP) is 1.92. The van der Waals surface area contributed by atoms with Crippen molar-refractivity contribution in [2.24, 2.45) is 0 Å². The number of nitrogens with one attached hydrogen (secondary N) is 1. The Labute approximate surface area is 103 Å². The maximum Gasteiger partial charge on any atom is 0.129 e. The summed E-state index contributed by atoms with van der Waals surface area (Å²) in [5, 5.41) is 8.30. The van der Waals surface area contributed by atoms with Gasteiger partial charge < -0.3 is 9.80 Å². The van der Waals surface area contributed by atoms with E-state index in [1.54, 1.807) is 0 Å². The zero-order valence-corrected chi connectivity index (χ0v) is 10.3. The lowest BCUT2D eigenvalue weighted by Gasteiger charge is -2.36. The Balaban J connectivity index is 1.81. The van der Waals surface area contributed by atoms with E-state index in [1.165, 1.54) is 24.9 Å². The molecule has 3 nitrogen and oxygen atoms in total. The molecule has 1 unspecified atom stereocenters. The minimum atomic E-state index is 0.522. The lowest BCUT2D eigenvalue weighted by atomic mass is 10.0. The molecule has 90 valence electrons. The monoisotopic (exact) mass is 229 g/mol. The van der Waals surface area contributed by atoms with Gasteiger partial charge >= 0.3 is 0 Å². The highest BCUT2D eigenvalue weighted by Gasteiger charge is 2.31. The molecule has 1 N–H and O–H groups in total. The summed E-state index contributed by atoms with van der Waals surface area (Å²) in [6.07, 6.45) is 2.47. The van der Waals surface area contributed by atoms with Crippen molar-refractivity contribution in [1.29, 1.82) is 5.41 Å². The molecule has 1 aromatic carbocycles. The standard InChI is InChI=1S/C14H19N3/c1-16-8-4-6-12(10-16)17-9-11-5-2-3-7-13(11)14(17)15/h2-3,5,7,12,15H,4,6,8-10H2,1H3. The second-order valence-corrected chi connectivity index (χ2v) is 5.19. The lowest BCUT2D eigenvalue weighted by Crippen LogP contribution is -2.46. The molecule has 2 heterocycles. The maximum atomic E-state index is 8.30. The van der Waals surface area contributed by atoms with Gasteiger partial charge in [0.2, 0.25) is 0 Å². The summed E-state index contributed by atoms with van der Waals surface area (Å²) < 4.78 is 0. The summed E-state index contributed by atoms with van der Waals surface area (Å²) in [7, 11) is 2.18. The van der Waals surface area contributed by atoms with E-state index in [0.29, 0.717) is 6.04 Å². The first-order valence-electron chi connectivity index (χ1n) is 6.38. The molecule has 17 heavy (non-hydrogen) atoms. The van der Waals surface area contributed by atoms with Crippen LogP contribution in [0.1, 0.15) is 24.0 Å². The second-order valence-electron chi connectivity index (χ2n) is 5.19. The summed E-state index contributed by atoms with van der Waals surface area (Å²) in [6, 6.07) is 8.85. The summed E-state index contributed by atoms with van der Waals surface area (Å²) >= 11 is 0. The first kappa shape index (κ1) is 10.8. The largest absolute Gasteiger partial charge is 0.348 e. The van der Waals surface area contributed by atoms with Gasteiger partial charge in [0.25, 0.3) is 0 Å². The number of rotatable bonds is 1. The summed E-state index contributed by atoms with van der Waals surface area (Å²) in [6.45, 7) is 3.22. The van der Waals surface area contributed by atoms with Gasteiger partial charge in [-0.15, -0.1) is 0 Å². The quantitative estimate of drug-likeness (QED) is 0.797. The number of benzene rings is 1. The minimum Gasteiger partial charge on any atom is -0.348 e. The number of fused-ring (bicyclic) bond motifs is 1. The highest BCUT2D eigenvalue weighted by molar-refractivity contribution is 6.00. The topological polar surface area (TPSA) is 30.3 Å². The average molecular weight is 229 g/mol. The Morgan fingerprint density at radius 2 is 2.12 bits per heavy atom. The van der Waals surface area contributed by atoms with Gasteiger partial charge in [-0.1, -0.05) is 24.3 Å². The Hall–Kier alpha value is -1.35. The van der Waals surface area contributed by atoms with Crippen LogP contribution in [0.2, 0.25) is 0 Å². The third-order valence-corrected chi connectivity index (χ3v) is 3.94. The molecule has 0 saturated carbocycles. The minimum absolute atomic E-state index is 0.522. The van der Waals surface area contributed by atoms with E-state index < -0.39 is 0 Å². The van der Waals surface area contributed by atoms with Crippen LogP contribution in [0.15, 0.2) is 24.3 Å². The van der Waals surface area contributed by atoms with Gasteiger partial charge in [-0.05, 0) is 32.0 Å². The maximum absolute atomic E-state index is 8.30. The molecule has 1 aromatic rings. The van der Waals surface area contributed by atoms with Crippen molar-refractivity contribution in [3.8, 4) is 0 Å². The van der Waals surface area contributed by atoms with Crippen LogP contribution in [0, 0.1) is 5.41 Å². The van der Waals surface area contributed by atoms with E-state index in [2.05, 4.69) is 35.0 Å². The lowest BCUT2D eigenvalue weighted by molar-refractivity contribution is 0.165. The van der Waals surface area contributed by atoms with Crippen LogP contribution in [0.4, 0.5) is 0 Å². The van der Waals surface area contributed by atoms with E-state index in [-0.39, 0.29) is 0 Å². The summed E-state index contributed by atoms with van der Waals surface area (Å²) in [4.78, 5) is 4.66. The molecule has 0 aromatic heterocycles. The predicted molar refractivity (Wildman–Crippen MR) is 69.3 cm³/mol. The fourth-order valence-corrected chi connectivity index (χ4v) is 3.01. The highest BCUT2D eigenvalue weighted by atomic mass is 15.3. The molecule has 1 fully saturated rings. The Bertz CT molecular complexity index is 441. The van der Waals surface area contributed by atoms with Crippen molar-refractivity contribution in [2.75, 3.05) is 20.1 Å². The molecule has 0 aliphatic carbocycles. The summed E-state index contributed by atoms with van der Waals surface area (Å²) in [5.41, 5.74) is 2.44. The average Bonchev–Trinajstić information content (AvgIpc) is 2.68. The van der Waals surface area contributed by atoms with Crippen LogP contribution >= 0.6 is 0 Å². The smallest absolute Gasteiger partial charge is 0.129 e. The fourth-order valence-electron chi connectivity index (χ4n) is 3.01. The zero-order chi connectivity index (χ0) is 11.8. The number of amidine groups is 1. The van der Waals surface area contributed by atoms with Gasteiger partial charge in [0, 0.05) is 24.7 Å². The van der Waals surface area contributed by atoms with E-state index in [1.807, 2.05) is 6.07 Å².